The summed E-state index contributed by atoms with van der Waals surface area (Å²) < 4.78 is 1.04. The summed E-state index contributed by atoms with van der Waals surface area (Å²) in [4.78, 5) is 4.39. The number of hydrogen-bond donors (Lipinski definition) is 1. The van der Waals surface area contributed by atoms with Crippen molar-refractivity contribution in [2.24, 2.45) is 5.73 Å². The Balaban J connectivity index is 2.32. The van der Waals surface area contributed by atoms with Crippen molar-refractivity contribution in [3.63, 3.8) is 0 Å². The van der Waals surface area contributed by atoms with Crippen LogP contribution in [-0.4, -0.2) is 21.7 Å². The molecule has 0 atom stereocenters. The van der Waals surface area contributed by atoms with E-state index in [0.717, 1.165) is 15.7 Å². The third-order valence-corrected chi connectivity index (χ3v) is 2.64. The molecule has 1 aromatic heterocycles. The van der Waals surface area contributed by atoms with Crippen LogP contribution in [0.3, 0.4) is 0 Å². The highest BCUT2D eigenvalue weighted by Crippen LogP contribution is 2.18. The Kier molecular flexibility index (Phi) is 3.58. The highest BCUT2D eigenvalue weighted by Gasteiger charge is 2.02. The Morgan fingerprint density at radius 1 is 1.19 bits per heavy atom. The van der Waals surface area contributed by atoms with Crippen LogP contribution in [0.2, 0.25) is 0 Å². The van der Waals surface area contributed by atoms with E-state index in [-0.39, 0.29) is 0 Å². The van der Waals surface area contributed by atoms with Crippen LogP contribution < -0.4 is 5.73 Å². The van der Waals surface area contributed by atoms with E-state index in [9.17, 15) is 0 Å². The minimum absolute atomic E-state index is 0.533. The number of benzene rings is 1. The second-order valence-electron chi connectivity index (χ2n) is 3.30. The molecule has 5 heteroatoms. The van der Waals surface area contributed by atoms with E-state index in [1.165, 1.54) is 0 Å². The van der Waals surface area contributed by atoms with Gasteiger partial charge >= 0.3 is 0 Å². The molecule has 0 aliphatic carbocycles. The van der Waals surface area contributed by atoms with Gasteiger partial charge in [0.25, 0.3) is 0 Å². The van der Waals surface area contributed by atoms with Crippen LogP contribution in [0, 0.1) is 0 Å². The van der Waals surface area contributed by atoms with Crippen LogP contribution >= 0.6 is 15.9 Å². The van der Waals surface area contributed by atoms with E-state index in [1.54, 1.807) is 6.20 Å². The monoisotopic (exact) mass is 278 g/mol. The number of rotatable bonds is 3. The first-order valence-corrected chi connectivity index (χ1v) is 5.73. The standard InChI is InChI=1S/C11H11BrN4/c12-9-3-1-8(2-4-9)10-7-14-16-11(15-10)5-6-13/h1-4,7H,5-6,13H2. The average molecular weight is 279 g/mol. The van der Waals surface area contributed by atoms with Crippen LogP contribution in [0.4, 0.5) is 0 Å². The summed E-state index contributed by atoms with van der Waals surface area (Å²) in [7, 11) is 0. The fourth-order valence-electron chi connectivity index (χ4n) is 1.34. The molecule has 0 aliphatic heterocycles. The molecule has 82 valence electrons. The van der Waals surface area contributed by atoms with Gasteiger partial charge in [-0.1, -0.05) is 28.1 Å². The Labute approximate surface area is 102 Å². The minimum Gasteiger partial charge on any atom is -0.330 e. The zero-order chi connectivity index (χ0) is 11.4. The van der Waals surface area contributed by atoms with Gasteiger partial charge in [-0.05, 0) is 18.7 Å². The summed E-state index contributed by atoms with van der Waals surface area (Å²) >= 11 is 3.39. The molecule has 0 fully saturated rings. The van der Waals surface area contributed by atoms with Gasteiger partial charge in [0.1, 0.15) is 0 Å². The van der Waals surface area contributed by atoms with Crippen molar-refractivity contribution >= 4 is 15.9 Å². The van der Waals surface area contributed by atoms with Crippen molar-refractivity contribution in [1.29, 1.82) is 0 Å². The molecular weight excluding hydrogens is 268 g/mol. The Morgan fingerprint density at radius 2 is 1.94 bits per heavy atom. The summed E-state index contributed by atoms with van der Waals surface area (Å²) in [6.45, 7) is 0.533. The van der Waals surface area contributed by atoms with Crippen LogP contribution in [0.15, 0.2) is 34.9 Å². The molecule has 2 aromatic rings. The van der Waals surface area contributed by atoms with Gasteiger partial charge in [0, 0.05) is 16.5 Å². The largest absolute Gasteiger partial charge is 0.330 e. The van der Waals surface area contributed by atoms with Gasteiger partial charge in [-0.3, -0.25) is 0 Å². The topological polar surface area (TPSA) is 64.7 Å². The molecular formula is C11H11BrN4. The number of hydrogen-bond acceptors (Lipinski definition) is 4. The molecule has 1 aromatic carbocycles. The molecule has 0 radical (unpaired) electrons. The van der Waals surface area contributed by atoms with E-state index in [1.807, 2.05) is 24.3 Å². The number of aromatic nitrogens is 3. The third kappa shape index (κ3) is 2.62. The normalized spacial score (nSPS) is 10.4. The molecule has 2 rings (SSSR count). The minimum atomic E-state index is 0.533. The molecule has 4 nitrogen and oxygen atoms in total. The van der Waals surface area contributed by atoms with Gasteiger partial charge in [-0.15, -0.1) is 5.10 Å². The summed E-state index contributed by atoms with van der Waals surface area (Å²) in [5, 5.41) is 7.84. The summed E-state index contributed by atoms with van der Waals surface area (Å²) in [5.41, 5.74) is 7.30. The second kappa shape index (κ2) is 5.14. The lowest BCUT2D eigenvalue weighted by Gasteiger charge is -2.02. The van der Waals surface area contributed by atoms with E-state index in [4.69, 9.17) is 5.73 Å². The zero-order valence-electron chi connectivity index (χ0n) is 8.60. The smallest absolute Gasteiger partial charge is 0.152 e. The number of nitrogens with zero attached hydrogens (tertiary/aromatic N) is 3. The Morgan fingerprint density at radius 3 is 2.62 bits per heavy atom. The highest BCUT2D eigenvalue weighted by molar-refractivity contribution is 9.10. The quantitative estimate of drug-likeness (QED) is 0.930. The van der Waals surface area contributed by atoms with Gasteiger partial charge in [-0.2, -0.15) is 5.10 Å². The fourth-order valence-corrected chi connectivity index (χ4v) is 1.60. The van der Waals surface area contributed by atoms with Crippen molar-refractivity contribution < 1.29 is 0 Å². The number of halogens is 1. The Bertz CT molecular complexity index is 470. The average Bonchev–Trinajstić information content (AvgIpc) is 2.31. The molecule has 2 N–H and O–H groups in total. The maximum atomic E-state index is 5.46. The highest BCUT2D eigenvalue weighted by atomic mass is 79.9. The van der Waals surface area contributed by atoms with Crippen LogP contribution in [0.1, 0.15) is 5.82 Å². The molecule has 0 bridgehead atoms. The van der Waals surface area contributed by atoms with E-state index >= 15 is 0 Å². The first kappa shape index (κ1) is 11.2. The molecule has 0 unspecified atom stereocenters. The lowest BCUT2D eigenvalue weighted by Crippen LogP contribution is -2.07. The number of nitrogens with two attached hydrogens (primary N) is 1. The third-order valence-electron chi connectivity index (χ3n) is 2.11. The van der Waals surface area contributed by atoms with E-state index < -0.39 is 0 Å². The first-order valence-electron chi connectivity index (χ1n) is 4.94. The van der Waals surface area contributed by atoms with Gasteiger partial charge in [0.15, 0.2) is 5.82 Å². The molecule has 0 spiro atoms. The van der Waals surface area contributed by atoms with Gasteiger partial charge in [0.2, 0.25) is 0 Å². The van der Waals surface area contributed by atoms with Crippen molar-refractivity contribution in [2.75, 3.05) is 6.54 Å². The summed E-state index contributed by atoms with van der Waals surface area (Å²) in [5.74, 6) is 0.683. The molecule has 16 heavy (non-hydrogen) atoms. The maximum absolute atomic E-state index is 5.46. The molecule has 0 aliphatic rings. The second-order valence-corrected chi connectivity index (χ2v) is 4.22. The molecule has 0 amide bonds. The SMILES string of the molecule is NCCc1nncc(-c2ccc(Br)cc2)n1. The van der Waals surface area contributed by atoms with Crippen molar-refractivity contribution in [3.05, 3.63) is 40.8 Å². The molecule has 0 saturated carbocycles. The van der Waals surface area contributed by atoms with Crippen LogP contribution in [0.5, 0.6) is 0 Å². The first-order chi connectivity index (χ1) is 7.79. The maximum Gasteiger partial charge on any atom is 0.152 e. The fraction of sp³-hybridized carbons (Fsp3) is 0.182. The van der Waals surface area contributed by atoms with Crippen LogP contribution in [0.25, 0.3) is 11.3 Å². The lowest BCUT2D eigenvalue weighted by atomic mass is 10.2. The summed E-state index contributed by atoms with van der Waals surface area (Å²) in [6.07, 6.45) is 2.31. The van der Waals surface area contributed by atoms with Gasteiger partial charge in [0.05, 0.1) is 11.9 Å². The molecule has 1 heterocycles. The van der Waals surface area contributed by atoms with E-state index in [2.05, 4.69) is 31.1 Å². The van der Waals surface area contributed by atoms with Crippen molar-refractivity contribution in [2.45, 2.75) is 6.42 Å². The lowest BCUT2D eigenvalue weighted by molar-refractivity contribution is 0.812. The Hall–Kier alpha value is -1.33. The zero-order valence-corrected chi connectivity index (χ0v) is 10.2. The van der Waals surface area contributed by atoms with Crippen molar-refractivity contribution in [3.8, 4) is 11.3 Å². The molecule has 0 saturated heterocycles. The van der Waals surface area contributed by atoms with Gasteiger partial charge in [-0.25, -0.2) is 4.98 Å². The predicted octanol–water partition coefficient (Wildman–Crippen LogP) is 1.80. The van der Waals surface area contributed by atoms with Gasteiger partial charge < -0.3 is 5.73 Å². The van der Waals surface area contributed by atoms with Crippen LogP contribution in [-0.2, 0) is 6.42 Å². The predicted molar refractivity (Wildman–Crippen MR) is 65.7 cm³/mol. The summed E-state index contributed by atoms with van der Waals surface area (Å²) in [6, 6.07) is 7.92. The van der Waals surface area contributed by atoms with Crippen molar-refractivity contribution in [1.82, 2.24) is 15.2 Å². The van der Waals surface area contributed by atoms with E-state index in [0.29, 0.717) is 18.8 Å².